The number of carbonyl (C=O) groups is 1. The molecule has 1 atom stereocenters. The molecule has 1 N–H and O–H groups in total. The average Bonchev–Trinajstić information content (AvgIpc) is 3.09. The molecule has 1 unspecified atom stereocenters. The third-order valence-electron chi connectivity index (χ3n) is 3.88. The zero-order chi connectivity index (χ0) is 14.9. The van der Waals surface area contributed by atoms with Crippen LogP contribution in [0, 0.1) is 0 Å². The topological polar surface area (TPSA) is 92.3 Å². The SMILES string of the molecule is O=C(NC1CCS(=O)(=O)C1)c1cc(N2CCCC2)ncn1. The summed E-state index contributed by atoms with van der Waals surface area (Å²) in [5.74, 6) is 0.579. The van der Waals surface area contributed by atoms with Crippen molar-refractivity contribution >= 4 is 21.6 Å². The Bertz CT molecular complexity index is 641. The first-order valence-corrected chi connectivity index (χ1v) is 8.94. The van der Waals surface area contributed by atoms with Crippen LogP contribution in [0.3, 0.4) is 0 Å². The van der Waals surface area contributed by atoms with Crippen molar-refractivity contribution in [2.24, 2.45) is 0 Å². The number of hydrogen-bond acceptors (Lipinski definition) is 6. The second-order valence-electron chi connectivity index (χ2n) is 5.53. The number of nitrogens with one attached hydrogen (secondary N) is 1. The van der Waals surface area contributed by atoms with Gasteiger partial charge in [-0.1, -0.05) is 0 Å². The summed E-state index contributed by atoms with van der Waals surface area (Å²) >= 11 is 0. The first-order valence-electron chi connectivity index (χ1n) is 7.12. The molecule has 2 aliphatic rings. The highest BCUT2D eigenvalue weighted by atomic mass is 32.2. The summed E-state index contributed by atoms with van der Waals surface area (Å²) in [6.07, 6.45) is 4.11. The molecule has 7 nitrogen and oxygen atoms in total. The van der Waals surface area contributed by atoms with Crippen molar-refractivity contribution in [1.29, 1.82) is 0 Å². The maximum absolute atomic E-state index is 12.2. The average molecular weight is 310 g/mol. The second-order valence-corrected chi connectivity index (χ2v) is 7.76. The van der Waals surface area contributed by atoms with Crippen LogP contribution in [0.5, 0.6) is 0 Å². The van der Waals surface area contributed by atoms with Gasteiger partial charge in [0.25, 0.3) is 5.91 Å². The third kappa shape index (κ3) is 3.31. The Balaban J connectivity index is 1.68. The Hall–Kier alpha value is -1.70. The van der Waals surface area contributed by atoms with Crippen molar-refractivity contribution in [2.45, 2.75) is 25.3 Å². The molecule has 0 saturated carbocycles. The molecule has 1 amide bonds. The highest BCUT2D eigenvalue weighted by molar-refractivity contribution is 7.91. The molecule has 2 saturated heterocycles. The molecule has 2 fully saturated rings. The van der Waals surface area contributed by atoms with Crippen LogP contribution in [0.15, 0.2) is 12.4 Å². The summed E-state index contributed by atoms with van der Waals surface area (Å²) in [4.78, 5) is 22.5. The molecule has 0 aromatic carbocycles. The fourth-order valence-corrected chi connectivity index (χ4v) is 4.43. The number of sulfone groups is 1. The minimum Gasteiger partial charge on any atom is -0.357 e. The number of nitrogens with zero attached hydrogens (tertiary/aromatic N) is 3. The lowest BCUT2D eigenvalue weighted by atomic mass is 10.2. The van der Waals surface area contributed by atoms with Gasteiger partial charge in [0.05, 0.1) is 11.5 Å². The van der Waals surface area contributed by atoms with Gasteiger partial charge in [-0.2, -0.15) is 0 Å². The molecular formula is C13H18N4O3S. The summed E-state index contributed by atoms with van der Waals surface area (Å²) in [6.45, 7) is 1.89. The van der Waals surface area contributed by atoms with Crippen LogP contribution >= 0.6 is 0 Å². The molecule has 114 valence electrons. The van der Waals surface area contributed by atoms with Gasteiger partial charge in [-0.05, 0) is 19.3 Å². The lowest BCUT2D eigenvalue weighted by Gasteiger charge is -2.16. The Kier molecular flexibility index (Phi) is 3.79. The summed E-state index contributed by atoms with van der Waals surface area (Å²) in [7, 11) is -3.00. The van der Waals surface area contributed by atoms with Crippen LogP contribution < -0.4 is 10.2 Å². The minimum atomic E-state index is -3.00. The van der Waals surface area contributed by atoms with Gasteiger partial charge < -0.3 is 10.2 Å². The van der Waals surface area contributed by atoms with Crippen molar-refractivity contribution in [2.75, 3.05) is 29.5 Å². The fourth-order valence-electron chi connectivity index (χ4n) is 2.76. The van der Waals surface area contributed by atoms with E-state index < -0.39 is 9.84 Å². The second kappa shape index (κ2) is 5.59. The van der Waals surface area contributed by atoms with E-state index in [0.29, 0.717) is 6.42 Å². The predicted octanol–water partition coefficient (Wildman–Crippen LogP) is -0.00630. The molecular weight excluding hydrogens is 292 g/mol. The summed E-state index contributed by atoms with van der Waals surface area (Å²) < 4.78 is 22.8. The van der Waals surface area contributed by atoms with E-state index in [-0.39, 0.29) is 29.1 Å². The van der Waals surface area contributed by atoms with Gasteiger partial charge >= 0.3 is 0 Å². The van der Waals surface area contributed by atoms with Gasteiger partial charge in [0, 0.05) is 25.2 Å². The lowest BCUT2D eigenvalue weighted by Crippen LogP contribution is -2.36. The molecule has 0 spiro atoms. The van der Waals surface area contributed by atoms with Gasteiger partial charge in [0.15, 0.2) is 9.84 Å². The van der Waals surface area contributed by atoms with Crippen molar-refractivity contribution in [3.8, 4) is 0 Å². The van der Waals surface area contributed by atoms with Crippen LogP contribution in [-0.4, -0.2) is 54.9 Å². The van der Waals surface area contributed by atoms with Crippen molar-refractivity contribution in [3.63, 3.8) is 0 Å². The minimum absolute atomic E-state index is 0.0167. The van der Waals surface area contributed by atoms with Gasteiger partial charge in [-0.15, -0.1) is 0 Å². The van der Waals surface area contributed by atoms with Crippen molar-refractivity contribution in [3.05, 3.63) is 18.1 Å². The van der Waals surface area contributed by atoms with Crippen LogP contribution in [0.2, 0.25) is 0 Å². The Morgan fingerprint density at radius 2 is 2.05 bits per heavy atom. The standard InChI is InChI=1S/C13H18N4O3S/c18-13(16-10-3-6-21(19,20)8-10)11-7-12(15-9-14-11)17-4-1-2-5-17/h7,9-10H,1-6,8H2,(H,16,18). The van der Waals surface area contributed by atoms with Crippen LogP contribution in [-0.2, 0) is 9.84 Å². The molecule has 2 aliphatic heterocycles. The van der Waals surface area contributed by atoms with Crippen LogP contribution in [0.4, 0.5) is 5.82 Å². The first-order chi connectivity index (χ1) is 10.0. The van der Waals surface area contributed by atoms with Gasteiger partial charge in [-0.25, -0.2) is 18.4 Å². The summed E-state index contributed by atoms with van der Waals surface area (Å²) in [5.41, 5.74) is 0.288. The molecule has 1 aromatic heterocycles. The van der Waals surface area contributed by atoms with E-state index in [1.54, 1.807) is 6.07 Å². The Morgan fingerprint density at radius 3 is 2.71 bits per heavy atom. The van der Waals surface area contributed by atoms with E-state index in [1.807, 2.05) is 0 Å². The van der Waals surface area contributed by atoms with Crippen molar-refractivity contribution < 1.29 is 13.2 Å². The predicted molar refractivity (Wildman–Crippen MR) is 78.0 cm³/mol. The number of rotatable bonds is 3. The molecule has 0 bridgehead atoms. The smallest absolute Gasteiger partial charge is 0.270 e. The maximum Gasteiger partial charge on any atom is 0.270 e. The lowest BCUT2D eigenvalue weighted by molar-refractivity contribution is 0.0936. The number of carbonyl (C=O) groups excluding carboxylic acids is 1. The zero-order valence-electron chi connectivity index (χ0n) is 11.7. The number of amides is 1. The number of hydrogen-bond donors (Lipinski definition) is 1. The van der Waals surface area contributed by atoms with Crippen LogP contribution in [0.1, 0.15) is 29.8 Å². The van der Waals surface area contributed by atoms with E-state index in [9.17, 15) is 13.2 Å². The van der Waals surface area contributed by atoms with E-state index >= 15 is 0 Å². The number of aromatic nitrogens is 2. The fraction of sp³-hybridized carbons (Fsp3) is 0.615. The largest absolute Gasteiger partial charge is 0.357 e. The van der Waals surface area contributed by atoms with E-state index in [4.69, 9.17) is 0 Å². The van der Waals surface area contributed by atoms with Gasteiger partial charge in [-0.3, -0.25) is 4.79 Å². The highest BCUT2D eigenvalue weighted by Crippen LogP contribution is 2.18. The molecule has 8 heteroatoms. The van der Waals surface area contributed by atoms with E-state index in [1.165, 1.54) is 6.33 Å². The molecule has 3 heterocycles. The zero-order valence-corrected chi connectivity index (χ0v) is 12.5. The Labute approximate surface area is 123 Å². The highest BCUT2D eigenvalue weighted by Gasteiger charge is 2.29. The quantitative estimate of drug-likeness (QED) is 0.844. The third-order valence-corrected chi connectivity index (χ3v) is 5.65. The Morgan fingerprint density at radius 1 is 1.29 bits per heavy atom. The van der Waals surface area contributed by atoms with Crippen LogP contribution in [0.25, 0.3) is 0 Å². The molecule has 0 radical (unpaired) electrons. The monoisotopic (exact) mass is 310 g/mol. The summed E-state index contributed by atoms with van der Waals surface area (Å²) in [5, 5.41) is 2.74. The molecule has 1 aromatic rings. The van der Waals surface area contributed by atoms with Gasteiger partial charge in [0.1, 0.15) is 17.8 Å². The molecule has 0 aliphatic carbocycles. The first kappa shape index (κ1) is 14.2. The van der Waals surface area contributed by atoms with E-state index in [0.717, 1.165) is 31.7 Å². The molecule has 3 rings (SSSR count). The van der Waals surface area contributed by atoms with E-state index in [2.05, 4.69) is 20.2 Å². The normalized spacial score (nSPS) is 24.2. The maximum atomic E-state index is 12.2. The summed E-state index contributed by atoms with van der Waals surface area (Å²) in [6, 6.07) is 1.36. The number of anilines is 1. The molecule has 21 heavy (non-hydrogen) atoms. The van der Waals surface area contributed by atoms with Crippen molar-refractivity contribution in [1.82, 2.24) is 15.3 Å². The van der Waals surface area contributed by atoms with Gasteiger partial charge in [0.2, 0.25) is 0 Å².